The van der Waals surface area contributed by atoms with E-state index in [0.717, 1.165) is 45.0 Å². The van der Waals surface area contributed by atoms with Gasteiger partial charge in [0.15, 0.2) is 0 Å². The largest absolute Gasteiger partial charge is 0.325 e. The Hall–Kier alpha value is -1.98. The molecule has 0 saturated carbocycles. The van der Waals surface area contributed by atoms with E-state index in [4.69, 9.17) is 4.98 Å². The van der Waals surface area contributed by atoms with Crippen molar-refractivity contribution in [2.75, 3.05) is 31.1 Å². The van der Waals surface area contributed by atoms with E-state index in [2.05, 4.69) is 59.5 Å². The van der Waals surface area contributed by atoms with Gasteiger partial charge in [0.2, 0.25) is 0 Å². The van der Waals surface area contributed by atoms with Crippen molar-refractivity contribution in [3.63, 3.8) is 0 Å². The van der Waals surface area contributed by atoms with E-state index in [9.17, 15) is 0 Å². The van der Waals surface area contributed by atoms with Crippen molar-refractivity contribution in [2.24, 2.45) is 5.92 Å². The van der Waals surface area contributed by atoms with Gasteiger partial charge in [-0.3, -0.25) is 0 Å². The molecule has 1 atom stereocenters. The molecule has 1 saturated heterocycles. The molecule has 1 fully saturated rings. The fourth-order valence-electron chi connectivity index (χ4n) is 5.87. The van der Waals surface area contributed by atoms with Crippen molar-refractivity contribution >= 4 is 11.5 Å². The highest BCUT2D eigenvalue weighted by atomic mass is 15.2. The molecule has 1 unspecified atom stereocenters. The second kappa shape index (κ2) is 7.93. The minimum atomic E-state index is 0.219. The number of hydrogen-bond donors (Lipinski definition) is 2. The Morgan fingerprint density at radius 3 is 2.87 bits per heavy atom. The highest BCUT2D eigenvalue weighted by molar-refractivity contribution is 5.75. The zero-order valence-corrected chi connectivity index (χ0v) is 18.7. The maximum atomic E-state index is 4.86. The van der Waals surface area contributed by atoms with Gasteiger partial charge < -0.3 is 15.5 Å². The van der Waals surface area contributed by atoms with Gasteiger partial charge in [-0.2, -0.15) is 0 Å². The summed E-state index contributed by atoms with van der Waals surface area (Å²) in [7, 11) is 0. The number of hydrogen-bond acceptors (Lipinski definition) is 5. The fraction of sp³-hybridized carbons (Fsp3) is 0.600. The van der Waals surface area contributed by atoms with Crippen molar-refractivity contribution in [1.82, 2.24) is 20.6 Å². The van der Waals surface area contributed by atoms with Gasteiger partial charge in [0, 0.05) is 35.4 Å². The molecule has 3 aliphatic rings. The highest BCUT2D eigenvalue weighted by Crippen LogP contribution is 2.51. The van der Waals surface area contributed by atoms with E-state index in [0.29, 0.717) is 11.8 Å². The summed E-state index contributed by atoms with van der Waals surface area (Å²) in [5, 5.41) is 7.28. The van der Waals surface area contributed by atoms with Gasteiger partial charge in [0.25, 0.3) is 0 Å². The normalized spacial score (nSPS) is 22.0. The Labute approximate surface area is 180 Å². The van der Waals surface area contributed by atoms with Crippen molar-refractivity contribution in [1.29, 1.82) is 0 Å². The minimum absolute atomic E-state index is 0.219. The van der Waals surface area contributed by atoms with Gasteiger partial charge in [-0.15, -0.1) is 0 Å². The smallest absolute Gasteiger partial charge is 0.140 e. The molecule has 0 amide bonds. The molecule has 5 rings (SSSR count). The summed E-state index contributed by atoms with van der Waals surface area (Å²) in [4.78, 5) is 12.0. The second-order valence-electron chi connectivity index (χ2n) is 9.95. The molecule has 5 heteroatoms. The predicted octanol–water partition coefficient (Wildman–Crippen LogP) is 4.04. The Morgan fingerprint density at radius 2 is 2.07 bits per heavy atom. The Bertz CT molecular complexity index is 916. The summed E-state index contributed by atoms with van der Waals surface area (Å²) in [6.45, 7) is 12.1. The summed E-state index contributed by atoms with van der Waals surface area (Å²) < 4.78 is 0. The number of aryl methyl sites for hydroxylation is 1. The maximum Gasteiger partial charge on any atom is 0.140 e. The number of fused-ring (bicyclic) bond motifs is 3. The zero-order valence-electron chi connectivity index (χ0n) is 18.7. The number of piperidine rings is 1. The van der Waals surface area contributed by atoms with Gasteiger partial charge >= 0.3 is 0 Å². The van der Waals surface area contributed by atoms with E-state index < -0.39 is 0 Å². The van der Waals surface area contributed by atoms with Crippen LogP contribution >= 0.6 is 0 Å². The van der Waals surface area contributed by atoms with Gasteiger partial charge in [-0.05, 0) is 74.3 Å². The van der Waals surface area contributed by atoms with E-state index >= 15 is 0 Å². The maximum absolute atomic E-state index is 4.86. The Kier molecular flexibility index (Phi) is 5.28. The fourth-order valence-corrected chi connectivity index (χ4v) is 5.87. The van der Waals surface area contributed by atoms with Crippen molar-refractivity contribution in [2.45, 2.75) is 64.3 Å². The van der Waals surface area contributed by atoms with E-state index in [1.807, 2.05) is 0 Å². The molecular formula is C25H35N5. The Balaban J connectivity index is 1.59. The number of anilines is 2. The first kappa shape index (κ1) is 20.0. The number of rotatable bonds is 5. The molecule has 2 N–H and O–H groups in total. The molecule has 1 aromatic carbocycles. The molecule has 1 aromatic heterocycles. The minimum Gasteiger partial charge on any atom is -0.325 e. The third-order valence-electron chi connectivity index (χ3n) is 7.35. The molecular weight excluding hydrogens is 370 g/mol. The van der Waals surface area contributed by atoms with Crippen LogP contribution in [0.25, 0.3) is 0 Å². The summed E-state index contributed by atoms with van der Waals surface area (Å²) in [6, 6.07) is 6.90. The van der Waals surface area contributed by atoms with Crippen molar-refractivity contribution in [3.05, 3.63) is 46.9 Å². The van der Waals surface area contributed by atoms with Crippen molar-refractivity contribution in [3.8, 4) is 0 Å². The predicted molar refractivity (Wildman–Crippen MR) is 123 cm³/mol. The quantitative estimate of drug-likeness (QED) is 0.786. The average Bonchev–Trinajstić information content (AvgIpc) is 3.28. The number of nitrogens with one attached hydrogen (secondary N) is 2. The molecule has 30 heavy (non-hydrogen) atoms. The number of aromatic nitrogens is 2. The van der Waals surface area contributed by atoms with E-state index in [1.54, 1.807) is 11.9 Å². The van der Waals surface area contributed by atoms with Crippen LogP contribution in [0.5, 0.6) is 0 Å². The molecule has 2 aliphatic heterocycles. The number of benzene rings is 1. The van der Waals surface area contributed by atoms with Crippen LogP contribution in [0.15, 0.2) is 24.5 Å². The first-order valence-corrected chi connectivity index (χ1v) is 11.7. The second-order valence-corrected chi connectivity index (χ2v) is 9.95. The Morgan fingerprint density at radius 1 is 1.23 bits per heavy atom. The molecule has 3 heterocycles. The van der Waals surface area contributed by atoms with Crippen LogP contribution in [0.3, 0.4) is 0 Å². The zero-order chi connectivity index (χ0) is 20.7. The van der Waals surface area contributed by atoms with Crippen LogP contribution in [0.1, 0.15) is 68.3 Å². The molecule has 0 bridgehead atoms. The topological polar surface area (TPSA) is 53.1 Å². The molecule has 160 valence electrons. The molecule has 1 spiro atoms. The third kappa shape index (κ3) is 3.32. The molecule has 2 aromatic rings. The van der Waals surface area contributed by atoms with Gasteiger partial charge in [0.1, 0.15) is 12.1 Å². The van der Waals surface area contributed by atoms with Crippen LogP contribution in [0.4, 0.5) is 11.5 Å². The summed E-state index contributed by atoms with van der Waals surface area (Å²) >= 11 is 0. The van der Waals surface area contributed by atoms with Crippen LogP contribution in [0, 0.1) is 5.92 Å². The highest BCUT2D eigenvalue weighted by Gasteiger charge is 2.46. The lowest BCUT2D eigenvalue weighted by atomic mass is 9.73. The molecule has 5 nitrogen and oxygen atoms in total. The first-order chi connectivity index (χ1) is 14.6. The lowest BCUT2D eigenvalue weighted by Crippen LogP contribution is -2.43. The SMILES string of the molecule is CC(C)CNCc1cccc2c1C1(CCNCC1)CN2c1ncnc2c1C(C)CC2. The van der Waals surface area contributed by atoms with E-state index in [1.165, 1.54) is 41.8 Å². The summed E-state index contributed by atoms with van der Waals surface area (Å²) in [6.07, 6.45) is 6.45. The van der Waals surface area contributed by atoms with E-state index in [-0.39, 0.29) is 5.41 Å². The van der Waals surface area contributed by atoms with Gasteiger partial charge in [-0.1, -0.05) is 32.9 Å². The monoisotopic (exact) mass is 405 g/mol. The lowest BCUT2D eigenvalue weighted by molar-refractivity contribution is 0.326. The molecule has 1 aliphatic carbocycles. The first-order valence-electron chi connectivity index (χ1n) is 11.7. The summed E-state index contributed by atoms with van der Waals surface area (Å²) in [5.41, 5.74) is 7.28. The van der Waals surface area contributed by atoms with Crippen LogP contribution in [-0.4, -0.2) is 36.1 Å². The molecule has 0 radical (unpaired) electrons. The third-order valence-corrected chi connectivity index (χ3v) is 7.35. The lowest BCUT2D eigenvalue weighted by Gasteiger charge is -2.36. The van der Waals surface area contributed by atoms with Gasteiger partial charge in [0.05, 0.1) is 0 Å². The van der Waals surface area contributed by atoms with Gasteiger partial charge in [-0.25, -0.2) is 9.97 Å². The standard InChI is InChI=1S/C25H35N5/c1-17(2)13-27-14-19-5-4-6-21-23(19)25(9-11-26-12-10-25)15-30(21)24-22-18(3)7-8-20(22)28-16-29-24/h4-6,16-18,26-27H,7-15H2,1-3H3. The summed E-state index contributed by atoms with van der Waals surface area (Å²) in [5.74, 6) is 2.37. The average molecular weight is 406 g/mol. The van der Waals surface area contributed by atoms with Crippen molar-refractivity contribution < 1.29 is 0 Å². The van der Waals surface area contributed by atoms with Crippen LogP contribution in [-0.2, 0) is 18.4 Å². The van der Waals surface area contributed by atoms with Crippen LogP contribution in [0.2, 0.25) is 0 Å². The van der Waals surface area contributed by atoms with Crippen LogP contribution < -0.4 is 15.5 Å². The number of nitrogens with zero attached hydrogens (tertiary/aromatic N) is 3.